The third kappa shape index (κ3) is 9.80. The van der Waals surface area contributed by atoms with Gasteiger partial charge in [-0.05, 0) is 61.2 Å². The number of benzene rings is 2. The van der Waals surface area contributed by atoms with Crippen molar-refractivity contribution in [1.82, 2.24) is 21.3 Å². The first-order valence-corrected chi connectivity index (χ1v) is 13.2. The lowest BCUT2D eigenvalue weighted by atomic mass is 10.0. The van der Waals surface area contributed by atoms with Crippen molar-refractivity contribution in [2.75, 3.05) is 6.54 Å². The number of nitrogens with two attached hydrogens (primary N) is 1. The van der Waals surface area contributed by atoms with Gasteiger partial charge in [0.15, 0.2) is 0 Å². The minimum atomic E-state index is -1.44. The van der Waals surface area contributed by atoms with E-state index in [0.29, 0.717) is 24.1 Å². The highest BCUT2D eigenvalue weighted by Crippen LogP contribution is 2.14. The van der Waals surface area contributed by atoms with Gasteiger partial charge >= 0.3 is 5.97 Å². The number of primary amides is 1. The summed E-state index contributed by atoms with van der Waals surface area (Å²) in [6.07, 6.45) is 0.875. The molecule has 1 aliphatic heterocycles. The Morgan fingerprint density at radius 2 is 1.29 bits per heavy atom. The molecule has 4 atom stereocenters. The summed E-state index contributed by atoms with van der Waals surface area (Å²) in [5.74, 6) is -3.97. The first kappa shape index (κ1) is 30.9. The lowest BCUT2D eigenvalue weighted by molar-refractivity contribution is -0.142. The first-order chi connectivity index (χ1) is 19.5. The molecule has 1 fully saturated rings. The van der Waals surface area contributed by atoms with E-state index in [1.807, 2.05) is 0 Å². The summed E-state index contributed by atoms with van der Waals surface area (Å²) < 4.78 is 0. The number of phenols is 2. The lowest BCUT2D eigenvalue weighted by Gasteiger charge is -2.25. The van der Waals surface area contributed by atoms with E-state index in [9.17, 15) is 39.3 Å². The van der Waals surface area contributed by atoms with Crippen LogP contribution in [-0.4, -0.2) is 75.6 Å². The molecule has 1 aliphatic rings. The molecule has 1 saturated heterocycles. The van der Waals surface area contributed by atoms with Crippen molar-refractivity contribution in [3.05, 3.63) is 59.7 Å². The molecule has 4 amide bonds. The minimum Gasteiger partial charge on any atom is -0.508 e. The van der Waals surface area contributed by atoms with Crippen LogP contribution in [0.25, 0.3) is 0 Å². The summed E-state index contributed by atoms with van der Waals surface area (Å²) >= 11 is 0. The fourth-order valence-corrected chi connectivity index (χ4v) is 4.42. The largest absolute Gasteiger partial charge is 0.508 e. The van der Waals surface area contributed by atoms with Crippen LogP contribution in [0.5, 0.6) is 11.5 Å². The zero-order valence-electron chi connectivity index (χ0n) is 22.3. The summed E-state index contributed by atoms with van der Waals surface area (Å²) in [6.45, 7) is 0.669. The van der Waals surface area contributed by atoms with Gasteiger partial charge in [-0.3, -0.25) is 19.2 Å². The molecule has 4 unspecified atom stereocenters. The normalized spacial score (nSPS) is 16.6. The van der Waals surface area contributed by atoms with Crippen molar-refractivity contribution >= 4 is 29.6 Å². The number of carboxylic acids is 1. The summed E-state index contributed by atoms with van der Waals surface area (Å²) in [7, 11) is 0. The van der Waals surface area contributed by atoms with Crippen LogP contribution in [0, 0.1) is 0 Å². The quantitative estimate of drug-likeness (QED) is 0.146. The van der Waals surface area contributed by atoms with E-state index in [1.165, 1.54) is 24.3 Å². The van der Waals surface area contributed by atoms with E-state index >= 15 is 0 Å². The molecule has 0 bridgehead atoms. The van der Waals surface area contributed by atoms with E-state index in [1.54, 1.807) is 24.3 Å². The van der Waals surface area contributed by atoms with Crippen molar-refractivity contribution < 1.29 is 39.3 Å². The first-order valence-electron chi connectivity index (χ1n) is 13.2. The molecule has 41 heavy (non-hydrogen) atoms. The Labute approximate surface area is 236 Å². The number of amides is 4. The Kier molecular flexibility index (Phi) is 11.0. The van der Waals surface area contributed by atoms with Gasteiger partial charge in [-0.1, -0.05) is 24.3 Å². The fourth-order valence-electron chi connectivity index (χ4n) is 4.42. The highest BCUT2D eigenvalue weighted by Gasteiger charge is 2.32. The van der Waals surface area contributed by atoms with Crippen molar-refractivity contribution in [3.63, 3.8) is 0 Å². The molecule has 2 aromatic rings. The van der Waals surface area contributed by atoms with Crippen LogP contribution < -0.4 is 27.0 Å². The molecule has 2 aromatic carbocycles. The van der Waals surface area contributed by atoms with Gasteiger partial charge in [0.1, 0.15) is 29.6 Å². The van der Waals surface area contributed by atoms with Gasteiger partial charge in [0.05, 0.1) is 6.04 Å². The van der Waals surface area contributed by atoms with E-state index in [2.05, 4.69) is 21.3 Å². The number of carbonyl (C=O) groups excluding carboxylic acids is 4. The molecule has 0 aliphatic carbocycles. The molecular weight excluding hydrogens is 534 g/mol. The number of aromatic hydroxyl groups is 2. The molecule has 13 nitrogen and oxygen atoms in total. The van der Waals surface area contributed by atoms with Gasteiger partial charge in [0.2, 0.25) is 23.6 Å². The summed E-state index contributed by atoms with van der Waals surface area (Å²) in [5, 5.41) is 39.6. The molecule has 9 N–H and O–H groups in total. The van der Waals surface area contributed by atoms with E-state index in [-0.39, 0.29) is 43.1 Å². The van der Waals surface area contributed by atoms with Gasteiger partial charge in [-0.25, -0.2) is 4.79 Å². The lowest BCUT2D eigenvalue weighted by Crippen LogP contribution is -2.58. The van der Waals surface area contributed by atoms with Crippen LogP contribution >= 0.6 is 0 Å². The van der Waals surface area contributed by atoms with Crippen LogP contribution in [-0.2, 0) is 36.8 Å². The zero-order valence-corrected chi connectivity index (χ0v) is 22.3. The van der Waals surface area contributed by atoms with E-state index < -0.39 is 47.9 Å². The van der Waals surface area contributed by atoms with Gasteiger partial charge in [0, 0.05) is 19.3 Å². The van der Waals surface area contributed by atoms with Gasteiger partial charge in [0.25, 0.3) is 0 Å². The maximum Gasteiger partial charge on any atom is 0.326 e. The third-order valence-electron chi connectivity index (χ3n) is 6.69. The summed E-state index contributed by atoms with van der Waals surface area (Å²) in [6, 6.07) is 7.73. The summed E-state index contributed by atoms with van der Waals surface area (Å²) in [4.78, 5) is 62.6. The molecule has 13 heteroatoms. The number of carboxylic acid groups (broad SMARTS) is 1. The second kappa shape index (κ2) is 14.7. The predicted molar refractivity (Wildman–Crippen MR) is 147 cm³/mol. The van der Waals surface area contributed by atoms with Gasteiger partial charge in [-0.2, -0.15) is 0 Å². The van der Waals surface area contributed by atoms with Crippen molar-refractivity contribution in [3.8, 4) is 11.5 Å². The second-order valence-corrected chi connectivity index (χ2v) is 9.92. The van der Waals surface area contributed by atoms with Crippen LogP contribution in [0.4, 0.5) is 0 Å². The number of rotatable bonds is 14. The maximum atomic E-state index is 13.6. The van der Waals surface area contributed by atoms with Gasteiger partial charge < -0.3 is 42.3 Å². The Morgan fingerprint density at radius 1 is 0.805 bits per heavy atom. The number of aliphatic carboxylic acids is 1. The van der Waals surface area contributed by atoms with Gasteiger partial charge in [-0.15, -0.1) is 0 Å². The van der Waals surface area contributed by atoms with Crippen LogP contribution in [0.15, 0.2) is 48.5 Å². The van der Waals surface area contributed by atoms with E-state index in [4.69, 9.17) is 5.73 Å². The maximum absolute atomic E-state index is 13.6. The average molecular weight is 570 g/mol. The molecule has 3 rings (SSSR count). The Bertz CT molecular complexity index is 1230. The SMILES string of the molecule is NC(=O)CCC(NC(=O)C(Cc1ccc(O)cc1)NC(=O)C(Cc1ccc(O)cc1)NC(=O)C1CCCN1)C(=O)O. The number of hydrogen-bond acceptors (Lipinski definition) is 8. The summed E-state index contributed by atoms with van der Waals surface area (Å²) in [5.41, 5.74) is 6.32. The highest BCUT2D eigenvalue weighted by atomic mass is 16.4. The van der Waals surface area contributed by atoms with Crippen molar-refractivity contribution in [1.29, 1.82) is 0 Å². The van der Waals surface area contributed by atoms with Crippen LogP contribution in [0.2, 0.25) is 0 Å². The standard InChI is InChI=1S/C28H35N5O8/c29-24(36)12-11-21(28(40)41)31-26(38)22(14-16-3-7-18(34)8-4-16)33-27(39)23(15-17-5-9-19(35)10-6-17)32-25(37)20-2-1-13-30-20/h3-10,20-23,30,34-35H,1-2,11-15H2,(H2,29,36)(H,31,38)(H,32,37)(H,33,39)(H,40,41). The fraction of sp³-hybridized carbons (Fsp3) is 0.393. The predicted octanol–water partition coefficient (Wildman–Crippen LogP) is -0.560. The Hall–Kier alpha value is -4.65. The van der Waals surface area contributed by atoms with Crippen molar-refractivity contribution in [2.45, 2.75) is 62.7 Å². The number of nitrogens with one attached hydrogen (secondary N) is 4. The monoisotopic (exact) mass is 569 g/mol. The molecule has 0 radical (unpaired) electrons. The number of hydrogen-bond donors (Lipinski definition) is 8. The number of carbonyl (C=O) groups is 5. The third-order valence-corrected chi connectivity index (χ3v) is 6.69. The van der Waals surface area contributed by atoms with Crippen LogP contribution in [0.3, 0.4) is 0 Å². The molecule has 0 saturated carbocycles. The Balaban J connectivity index is 1.83. The molecule has 220 valence electrons. The van der Waals surface area contributed by atoms with Crippen LogP contribution in [0.1, 0.15) is 36.8 Å². The highest BCUT2D eigenvalue weighted by molar-refractivity contribution is 5.94. The molecule has 0 spiro atoms. The minimum absolute atomic E-state index is 0.00613. The molecule has 1 heterocycles. The topological polar surface area (TPSA) is 220 Å². The second-order valence-electron chi connectivity index (χ2n) is 9.92. The average Bonchev–Trinajstić information content (AvgIpc) is 3.47. The Morgan fingerprint density at radius 3 is 1.73 bits per heavy atom. The van der Waals surface area contributed by atoms with E-state index in [0.717, 1.165) is 6.42 Å². The molecular formula is C28H35N5O8. The van der Waals surface area contributed by atoms with Crippen molar-refractivity contribution in [2.24, 2.45) is 5.73 Å². The number of phenolic OH excluding ortho intramolecular Hbond substituents is 2. The zero-order chi connectivity index (χ0) is 29.9. The molecule has 0 aromatic heterocycles. The smallest absolute Gasteiger partial charge is 0.326 e.